The Morgan fingerprint density at radius 3 is 2.84 bits per heavy atom. The van der Waals surface area contributed by atoms with E-state index < -0.39 is 10.8 Å². The van der Waals surface area contributed by atoms with Gasteiger partial charge in [0.2, 0.25) is 0 Å². The van der Waals surface area contributed by atoms with Gasteiger partial charge in [0.25, 0.3) is 0 Å². The lowest BCUT2D eigenvalue weighted by atomic mass is 9.99. The normalized spacial score (nSPS) is 26.3. The average Bonchev–Trinajstić information content (AvgIpc) is 2.64. The van der Waals surface area contributed by atoms with Gasteiger partial charge in [-0.05, 0) is 43.9 Å². The molecule has 0 bridgehead atoms. The maximum atomic E-state index is 12.7. The molecule has 0 saturated carbocycles. The fraction of sp³-hybridized carbons (Fsp3) is 0.625. The molecule has 0 spiro atoms. The van der Waals surface area contributed by atoms with E-state index in [0.29, 0.717) is 0 Å². The summed E-state index contributed by atoms with van der Waals surface area (Å²) in [7, 11) is 1.23. The molecule has 1 aliphatic carbocycles. The molecule has 4 unspecified atom stereocenters. The standard InChI is InChI=1S/C16H25NOS/c1-4-12(2)19(18)15-11-7-9-13-8-5-6-10-14(13)16(15)17-3/h5-6,8,10,12,15-17H,4,7,9,11H2,1-3H3. The second-order valence-corrected chi connectivity index (χ2v) is 7.51. The van der Waals surface area contributed by atoms with Crippen molar-refractivity contribution in [3.05, 3.63) is 35.4 Å². The number of rotatable bonds is 4. The molecular weight excluding hydrogens is 254 g/mol. The van der Waals surface area contributed by atoms with Crippen LogP contribution in [0.5, 0.6) is 0 Å². The third kappa shape index (κ3) is 3.09. The van der Waals surface area contributed by atoms with Crippen molar-refractivity contribution in [3.8, 4) is 0 Å². The zero-order chi connectivity index (χ0) is 13.8. The number of nitrogens with one attached hydrogen (secondary N) is 1. The molecule has 0 aliphatic heterocycles. The quantitative estimate of drug-likeness (QED) is 0.858. The fourth-order valence-electron chi connectivity index (χ4n) is 2.98. The lowest BCUT2D eigenvalue weighted by molar-refractivity contribution is 0.527. The van der Waals surface area contributed by atoms with E-state index in [4.69, 9.17) is 0 Å². The van der Waals surface area contributed by atoms with Crippen molar-refractivity contribution in [3.63, 3.8) is 0 Å². The van der Waals surface area contributed by atoms with Crippen molar-refractivity contribution in [2.24, 2.45) is 0 Å². The maximum absolute atomic E-state index is 12.7. The highest BCUT2D eigenvalue weighted by Gasteiger charge is 2.32. The molecule has 0 amide bonds. The Kier molecular flexibility index (Phi) is 5.17. The van der Waals surface area contributed by atoms with Crippen LogP contribution in [-0.4, -0.2) is 21.8 Å². The van der Waals surface area contributed by atoms with Crippen LogP contribution in [-0.2, 0) is 17.2 Å². The van der Waals surface area contributed by atoms with Crippen molar-refractivity contribution in [2.75, 3.05) is 7.05 Å². The minimum absolute atomic E-state index is 0.230. The van der Waals surface area contributed by atoms with E-state index in [1.807, 2.05) is 7.05 Å². The SMILES string of the molecule is CCC(C)S(=O)C1CCCc2ccccc2C1NC. The second-order valence-electron chi connectivity index (χ2n) is 5.44. The summed E-state index contributed by atoms with van der Waals surface area (Å²) in [5, 5.41) is 3.94. The number of aryl methyl sites for hydroxylation is 1. The Morgan fingerprint density at radius 2 is 2.16 bits per heavy atom. The molecule has 19 heavy (non-hydrogen) atoms. The molecule has 1 aliphatic rings. The zero-order valence-electron chi connectivity index (χ0n) is 12.2. The molecule has 0 radical (unpaired) electrons. The highest BCUT2D eigenvalue weighted by Crippen LogP contribution is 2.32. The van der Waals surface area contributed by atoms with Gasteiger partial charge in [-0.2, -0.15) is 0 Å². The highest BCUT2D eigenvalue weighted by atomic mass is 32.2. The Labute approximate surface area is 119 Å². The van der Waals surface area contributed by atoms with E-state index >= 15 is 0 Å². The smallest absolute Gasteiger partial charge is 0.0545 e. The van der Waals surface area contributed by atoms with Gasteiger partial charge in [0.05, 0.1) is 5.25 Å². The van der Waals surface area contributed by atoms with Crippen molar-refractivity contribution in [2.45, 2.75) is 56.1 Å². The van der Waals surface area contributed by atoms with E-state index in [1.165, 1.54) is 11.1 Å². The molecule has 0 aromatic heterocycles. The Bertz CT molecular complexity index is 446. The van der Waals surface area contributed by atoms with Gasteiger partial charge in [-0.25, -0.2) is 0 Å². The van der Waals surface area contributed by atoms with E-state index in [-0.39, 0.29) is 16.5 Å². The van der Waals surface area contributed by atoms with E-state index in [0.717, 1.165) is 25.7 Å². The predicted molar refractivity (Wildman–Crippen MR) is 82.9 cm³/mol. The van der Waals surface area contributed by atoms with Crippen LogP contribution in [0, 0.1) is 0 Å². The molecule has 1 N–H and O–H groups in total. The van der Waals surface area contributed by atoms with Crippen molar-refractivity contribution >= 4 is 10.8 Å². The number of hydrogen-bond donors (Lipinski definition) is 1. The molecule has 106 valence electrons. The Balaban J connectivity index is 2.33. The summed E-state index contributed by atoms with van der Waals surface area (Å²) in [5.74, 6) is 0. The molecular formula is C16H25NOS. The Hall–Kier alpha value is -0.670. The lowest BCUT2D eigenvalue weighted by Crippen LogP contribution is -2.35. The van der Waals surface area contributed by atoms with Gasteiger partial charge in [-0.15, -0.1) is 0 Å². The molecule has 2 rings (SSSR count). The third-order valence-electron chi connectivity index (χ3n) is 4.28. The van der Waals surface area contributed by atoms with Crippen LogP contribution in [0.4, 0.5) is 0 Å². The molecule has 3 heteroatoms. The summed E-state index contributed by atoms with van der Waals surface area (Å²) in [6.45, 7) is 4.24. The predicted octanol–water partition coefficient (Wildman–Crippen LogP) is 3.20. The van der Waals surface area contributed by atoms with E-state index in [9.17, 15) is 4.21 Å². The molecule has 4 atom stereocenters. The Morgan fingerprint density at radius 1 is 1.42 bits per heavy atom. The van der Waals surface area contributed by atoms with Gasteiger partial charge < -0.3 is 5.32 Å². The second kappa shape index (κ2) is 6.67. The van der Waals surface area contributed by atoms with E-state index in [1.54, 1.807) is 0 Å². The lowest BCUT2D eigenvalue weighted by Gasteiger charge is -2.28. The summed E-state index contributed by atoms with van der Waals surface area (Å²) in [4.78, 5) is 0. The summed E-state index contributed by atoms with van der Waals surface area (Å²) < 4.78 is 12.7. The first kappa shape index (κ1) is 14.7. The largest absolute Gasteiger partial charge is 0.312 e. The first-order chi connectivity index (χ1) is 9.19. The maximum Gasteiger partial charge on any atom is 0.0545 e. The first-order valence-corrected chi connectivity index (χ1v) is 8.61. The number of fused-ring (bicyclic) bond motifs is 1. The molecule has 0 saturated heterocycles. The van der Waals surface area contributed by atoms with Crippen LogP contribution in [0.25, 0.3) is 0 Å². The molecule has 1 aromatic rings. The van der Waals surface area contributed by atoms with Gasteiger partial charge in [0, 0.05) is 22.1 Å². The van der Waals surface area contributed by atoms with Crippen LogP contribution >= 0.6 is 0 Å². The van der Waals surface area contributed by atoms with Crippen molar-refractivity contribution in [1.29, 1.82) is 0 Å². The minimum atomic E-state index is -0.762. The van der Waals surface area contributed by atoms with Gasteiger partial charge in [-0.1, -0.05) is 38.1 Å². The summed E-state index contributed by atoms with van der Waals surface area (Å²) in [6.07, 6.45) is 4.29. The third-order valence-corrected chi connectivity index (χ3v) is 6.51. The van der Waals surface area contributed by atoms with Crippen LogP contribution < -0.4 is 5.32 Å². The molecule has 0 heterocycles. The number of hydrogen-bond acceptors (Lipinski definition) is 2. The number of benzene rings is 1. The molecule has 0 fully saturated rings. The minimum Gasteiger partial charge on any atom is -0.312 e. The highest BCUT2D eigenvalue weighted by molar-refractivity contribution is 7.86. The van der Waals surface area contributed by atoms with Gasteiger partial charge >= 0.3 is 0 Å². The van der Waals surface area contributed by atoms with Gasteiger partial charge in [0.15, 0.2) is 0 Å². The zero-order valence-corrected chi connectivity index (χ0v) is 13.0. The fourth-order valence-corrected chi connectivity index (χ4v) is 4.86. The summed E-state index contributed by atoms with van der Waals surface area (Å²) in [5.41, 5.74) is 2.77. The van der Waals surface area contributed by atoms with Crippen LogP contribution in [0.15, 0.2) is 24.3 Å². The van der Waals surface area contributed by atoms with E-state index in [2.05, 4.69) is 43.4 Å². The van der Waals surface area contributed by atoms with Gasteiger partial charge in [-0.3, -0.25) is 4.21 Å². The monoisotopic (exact) mass is 279 g/mol. The molecule has 1 aromatic carbocycles. The first-order valence-electron chi connectivity index (χ1n) is 7.33. The van der Waals surface area contributed by atoms with Crippen molar-refractivity contribution < 1.29 is 4.21 Å². The summed E-state index contributed by atoms with van der Waals surface area (Å²) >= 11 is 0. The topological polar surface area (TPSA) is 29.1 Å². The summed E-state index contributed by atoms with van der Waals surface area (Å²) in [6, 6.07) is 8.85. The van der Waals surface area contributed by atoms with Crippen LogP contribution in [0.3, 0.4) is 0 Å². The average molecular weight is 279 g/mol. The van der Waals surface area contributed by atoms with Crippen LogP contribution in [0.2, 0.25) is 0 Å². The van der Waals surface area contributed by atoms with Crippen molar-refractivity contribution in [1.82, 2.24) is 5.32 Å². The van der Waals surface area contributed by atoms with Crippen LogP contribution in [0.1, 0.15) is 50.3 Å². The van der Waals surface area contributed by atoms with Gasteiger partial charge in [0.1, 0.15) is 0 Å². The molecule has 2 nitrogen and oxygen atoms in total.